The first-order chi connectivity index (χ1) is 7.20. The second-order valence-electron chi connectivity index (χ2n) is 3.96. The quantitative estimate of drug-likeness (QED) is 0.821. The Morgan fingerprint density at radius 2 is 2.20 bits per heavy atom. The van der Waals surface area contributed by atoms with E-state index in [1.165, 1.54) is 12.1 Å². The average Bonchev–Trinajstić information content (AvgIpc) is 2.61. The summed E-state index contributed by atoms with van der Waals surface area (Å²) in [4.78, 5) is 0. The van der Waals surface area contributed by atoms with Gasteiger partial charge in [0, 0.05) is 19.3 Å². The van der Waals surface area contributed by atoms with Crippen LogP contribution in [0.5, 0.6) is 0 Å². The number of hydrogen-bond acceptors (Lipinski definition) is 1. The summed E-state index contributed by atoms with van der Waals surface area (Å²) in [5, 5.41) is 10.0. The van der Waals surface area contributed by atoms with Gasteiger partial charge in [0.05, 0.1) is 5.52 Å². The molecule has 0 saturated carbocycles. The number of nitrogens with zero attached hydrogens (tertiary/aromatic N) is 1. The third-order valence-electron chi connectivity index (χ3n) is 2.56. The zero-order chi connectivity index (χ0) is 10.8. The van der Waals surface area contributed by atoms with Gasteiger partial charge in [-0.3, -0.25) is 0 Å². The maximum atomic E-state index is 13.1. The van der Waals surface area contributed by atoms with Gasteiger partial charge >= 0.3 is 0 Å². The Balaban J connectivity index is 2.39. The molecule has 0 saturated heterocycles. The van der Waals surface area contributed by atoms with Gasteiger partial charge in [0.2, 0.25) is 0 Å². The van der Waals surface area contributed by atoms with Crippen molar-refractivity contribution in [1.82, 2.24) is 4.57 Å². The highest BCUT2D eigenvalue weighted by atomic mass is 19.1. The molecule has 0 radical (unpaired) electrons. The van der Waals surface area contributed by atoms with Crippen LogP contribution in [-0.4, -0.2) is 16.3 Å². The topological polar surface area (TPSA) is 25.2 Å². The van der Waals surface area contributed by atoms with Gasteiger partial charge in [-0.15, -0.1) is 0 Å². The Hall–Kier alpha value is -1.35. The van der Waals surface area contributed by atoms with E-state index in [2.05, 4.69) is 0 Å². The lowest BCUT2D eigenvalue weighted by Crippen LogP contribution is -2.10. The highest BCUT2D eigenvalue weighted by molar-refractivity contribution is 5.80. The molecular weight excluding hydrogens is 193 g/mol. The van der Waals surface area contributed by atoms with E-state index in [4.69, 9.17) is 5.11 Å². The fraction of sp³-hybridized carbons (Fsp3) is 0.333. The summed E-state index contributed by atoms with van der Waals surface area (Å²) < 4.78 is 15.0. The van der Waals surface area contributed by atoms with E-state index >= 15 is 0 Å². The van der Waals surface area contributed by atoms with E-state index in [-0.39, 0.29) is 18.3 Å². The fourth-order valence-electron chi connectivity index (χ4n) is 1.71. The number of hydrogen-bond donors (Lipinski definition) is 1. The molecule has 0 fully saturated rings. The molecule has 0 bridgehead atoms. The minimum absolute atomic E-state index is 0.148. The third kappa shape index (κ3) is 2.02. The van der Waals surface area contributed by atoms with Crippen molar-refractivity contribution in [1.29, 1.82) is 0 Å². The van der Waals surface area contributed by atoms with Crippen molar-refractivity contribution in [3.63, 3.8) is 0 Å². The molecule has 1 unspecified atom stereocenters. The smallest absolute Gasteiger partial charge is 0.125 e. The summed E-state index contributed by atoms with van der Waals surface area (Å²) in [6.07, 6.45) is 1.93. The number of benzene rings is 1. The Morgan fingerprint density at radius 3 is 2.93 bits per heavy atom. The first kappa shape index (κ1) is 10.2. The Bertz CT molecular complexity index is 464. The van der Waals surface area contributed by atoms with Crippen LogP contribution in [-0.2, 0) is 6.54 Å². The first-order valence-corrected chi connectivity index (χ1v) is 5.06. The second-order valence-corrected chi connectivity index (χ2v) is 3.96. The molecule has 1 aromatic heterocycles. The molecule has 0 amide bonds. The summed E-state index contributed by atoms with van der Waals surface area (Å²) in [5.74, 6) is -0.0389. The number of rotatable bonds is 3. The molecule has 1 aromatic carbocycles. The van der Waals surface area contributed by atoms with Gasteiger partial charge in [-0.05, 0) is 35.6 Å². The summed E-state index contributed by atoms with van der Waals surface area (Å²) in [5.41, 5.74) is 0.885. The van der Waals surface area contributed by atoms with E-state index in [9.17, 15) is 4.39 Å². The van der Waals surface area contributed by atoms with E-state index < -0.39 is 0 Å². The van der Waals surface area contributed by atoms with Crippen molar-refractivity contribution in [2.45, 2.75) is 13.5 Å². The molecule has 80 valence electrons. The lowest BCUT2D eigenvalue weighted by Gasteiger charge is -2.10. The maximum Gasteiger partial charge on any atom is 0.125 e. The molecule has 1 heterocycles. The van der Waals surface area contributed by atoms with Gasteiger partial charge in [-0.25, -0.2) is 4.39 Å². The zero-order valence-electron chi connectivity index (χ0n) is 8.65. The van der Waals surface area contributed by atoms with E-state index in [1.54, 1.807) is 6.07 Å². The molecule has 3 heteroatoms. The van der Waals surface area contributed by atoms with Crippen molar-refractivity contribution >= 4 is 10.9 Å². The van der Waals surface area contributed by atoms with Gasteiger partial charge < -0.3 is 9.67 Å². The van der Waals surface area contributed by atoms with Gasteiger partial charge in [-0.2, -0.15) is 0 Å². The van der Waals surface area contributed by atoms with Gasteiger partial charge in [0.15, 0.2) is 0 Å². The number of aliphatic hydroxyl groups excluding tert-OH is 1. The number of aliphatic hydroxyl groups is 1. The average molecular weight is 207 g/mol. The molecule has 1 atom stereocenters. The van der Waals surface area contributed by atoms with Crippen molar-refractivity contribution in [3.8, 4) is 0 Å². The zero-order valence-corrected chi connectivity index (χ0v) is 8.65. The van der Waals surface area contributed by atoms with Crippen LogP contribution in [0.15, 0.2) is 30.5 Å². The lowest BCUT2D eigenvalue weighted by molar-refractivity contribution is 0.224. The van der Waals surface area contributed by atoms with Crippen LogP contribution in [0.25, 0.3) is 10.9 Å². The van der Waals surface area contributed by atoms with Crippen LogP contribution >= 0.6 is 0 Å². The predicted molar refractivity (Wildman–Crippen MR) is 58.1 cm³/mol. The summed E-state index contributed by atoms with van der Waals surface area (Å²) in [6, 6.07) is 6.71. The van der Waals surface area contributed by atoms with Gasteiger partial charge in [0.25, 0.3) is 0 Å². The molecule has 2 rings (SSSR count). The van der Waals surface area contributed by atoms with Crippen LogP contribution in [0.1, 0.15) is 6.92 Å². The summed E-state index contributed by atoms with van der Waals surface area (Å²) in [7, 11) is 0. The van der Waals surface area contributed by atoms with Gasteiger partial charge in [0.1, 0.15) is 5.82 Å². The Morgan fingerprint density at radius 1 is 1.40 bits per heavy atom. The standard InChI is InChI=1S/C12H14FNO/c1-9(8-15)7-14-5-4-10-2-3-11(13)6-12(10)14/h2-6,9,15H,7-8H2,1H3. The largest absolute Gasteiger partial charge is 0.396 e. The maximum absolute atomic E-state index is 13.1. The molecule has 2 nitrogen and oxygen atoms in total. The molecule has 1 N–H and O–H groups in total. The van der Waals surface area contributed by atoms with Crippen LogP contribution in [0.3, 0.4) is 0 Å². The molecule has 0 aliphatic carbocycles. The van der Waals surface area contributed by atoms with Crippen molar-refractivity contribution in [2.24, 2.45) is 5.92 Å². The fourth-order valence-corrected chi connectivity index (χ4v) is 1.71. The number of aromatic nitrogens is 1. The minimum atomic E-state index is -0.223. The van der Waals surface area contributed by atoms with Crippen LogP contribution < -0.4 is 0 Å². The third-order valence-corrected chi connectivity index (χ3v) is 2.56. The molecular formula is C12H14FNO. The van der Waals surface area contributed by atoms with Crippen molar-refractivity contribution in [3.05, 3.63) is 36.3 Å². The Kier molecular flexibility index (Phi) is 2.73. The number of halogens is 1. The second kappa shape index (κ2) is 4.03. The van der Waals surface area contributed by atoms with Crippen LogP contribution in [0.4, 0.5) is 4.39 Å². The van der Waals surface area contributed by atoms with E-state index in [1.807, 2.05) is 23.8 Å². The molecule has 0 aliphatic rings. The number of fused-ring (bicyclic) bond motifs is 1. The highest BCUT2D eigenvalue weighted by Gasteiger charge is 2.05. The normalized spacial score (nSPS) is 13.3. The molecule has 2 aromatic rings. The monoisotopic (exact) mass is 207 g/mol. The molecule has 15 heavy (non-hydrogen) atoms. The first-order valence-electron chi connectivity index (χ1n) is 5.06. The van der Waals surface area contributed by atoms with E-state index in [0.717, 1.165) is 10.9 Å². The minimum Gasteiger partial charge on any atom is -0.396 e. The SMILES string of the molecule is CC(CO)Cn1ccc2ccc(F)cc21. The molecule has 0 spiro atoms. The predicted octanol–water partition coefficient (Wildman–Crippen LogP) is 2.41. The van der Waals surface area contributed by atoms with Crippen molar-refractivity contribution in [2.75, 3.05) is 6.61 Å². The van der Waals surface area contributed by atoms with Crippen LogP contribution in [0.2, 0.25) is 0 Å². The van der Waals surface area contributed by atoms with Gasteiger partial charge in [-0.1, -0.05) is 6.92 Å². The molecule has 0 aliphatic heterocycles. The van der Waals surface area contributed by atoms with E-state index in [0.29, 0.717) is 6.54 Å². The summed E-state index contributed by atoms with van der Waals surface area (Å²) >= 11 is 0. The van der Waals surface area contributed by atoms with Crippen molar-refractivity contribution < 1.29 is 9.50 Å². The Labute approximate surface area is 88.0 Å². The summed E-state index contributed by atoms with van der Waals surface area (Å²) in [6.45, 7) is 2.82. The highest BCUT2D eigenvalue weighted by Crippen LogP contribution is 2.18. The van der Waals surface area contributed by atoms with Crippen LogP contribution in [0, 0.1) is 11.7 Å². The lowest BCUT2D eigenvalue weighted by atomic mass is 10.2.